The molecule has 0 saturated heterocycles. The van der Waals surface area contributed by atoms with Crippen LogP contribution >= 0.6 is 11.3 Å². The van der Waals surface area contributed by atoms with Crippen molar-refractivity contribution in [3.05, 3.63) is 76.3 Å². The Balaban J connectivity index is 1.68. The highest BCUT2D eigenvalue weighted by Gasteiger charge is 2.12. The van der Waals surface area contributed by atoms with Gasteiger partial charge >= 0.3 is 5.97 Å². The highest BCUT2D eigenvalue weighted by molar-refractivity contribution is 7.13. The van der Waals surface area contributed by atoms with Crippen molar-refractivity contribution in [1.29, 1.82) is 0 Å². The molecule has 4 heteroatoms. The SMILES string of the molecule is Cc1ccc(C)c(C(=O)OCc2csc(-c3ccccc3)n2)c1. The first-order valence-corrected chi connectivity index (χ1v) is 8.25. The largest absolute Gasteiger partial charge is 0.456 e. The average molecular weight is 323 g/mol. The molecule has 1 heterocycles. The molecule has 0 aliphatic heterocycles. The number of aryl methyl sites for hydroxylation is 2. The number of benzene rings is 2. The van der Waals surface area contributed by atoms with E-state index >= 15 is 0 Å². The Morgan fingerprint density at radius 1 is 1.13 bits per heavy atom. The van der Waals surface area contributed by atoms with E-state index in [0.29, 0.717) is 5.56 Å². The summed E-state index contributed by atoms with van der Waals surface area (Å²) in [5, 5.41) is 2.86. The number of hydrogen-bond acceptors (Lipinski definition) is 4. The smallest absolute Gasteiger partial charge is 0.338 e. The molecule has 23 heavy (non-hydrogen) atoms. The van der Waals surface area contributed by atoms with Crippen molar-refractivity contribution >= 4 is 17.3 Å². The molecule has 3 rings (SSSR count). The van der Waals surface area contributed by atoms with Crippen molar-refractivity contribution < 1.29 is 9.53 Å². The van der Waals surface area contributed by atoms with Crippen molar-refractivity contribution in [1.82, 2.24) is 4.98 Å². The van der Waals surface area contributed by atoms with Gasteiger partial charge in [-0.05, 0) is 25.5 Å². The molecule has 0 saturated carbocycles. The average Bonchev–Trinajstić information content (AvgIpc) is 3.05. The molecule has 116 valence electrons. The van der Waals surface area contributed by atoms with Crippen LogP contribution in [0.1, 0.15) is 27.2 Å². The van der Waals surface area contributed by atoms with Gasteiger partial charge in [-0.15, -0.1) is 11.3 Å². The molecule has 1 aromatic heterocycles. The fraction of sp³-hybridized carbons (Fsp3) is 0.158. The molecule has 0 spiro atoms. The fourth-order valence-electron chi connectivity index (χ4n) is 2.26. The zero-order chi connectivity index (χ0) is 16.2. The summed E-state index contributed by atoms with van der Waals surface area (Å²) in [6, 6.07) is 15.8. The van der Waals surface area contributed by atoms with E-state index < -0.39 is 0 Å². The van der Waals surface area contributed by atoms with Gasteiger partial charge in [0, 0.05) is 10.9 Å². The molecule has 2 aromatic carbocycles. The quantitative estimate of drug-likeness (QED) is 0.648. The van der Waals surface area contributed by atoms with Crippen LogP contribution in [0.25, 0.3) is 10.6 Å². The van der Waals surface area contributed by atoms with Gasteiger partial charge in [-0.1, -0.05) is 48.0 Å². The van der Waals surface area contributed by atoms with E-state index in [2.05, 4.69) is 4.98 Å². The summed E-state index contributed by atoms with van der Waals surface area (Å²) in [5.74, 6) is -0.305. The van der Waals surface area contributed by atoms with E-state index in [-0.39, 0.29) is 12.6 Å². The third kappa shape index (κ3) is 3.66. The minimum Gasteiger partial charge on any atom is -0.456 e. The number of esters is 1. The number of nitrogens with zero attached hydrogens (tertiary/aromatic N) is 1. The highest BCUT2D eigenvalue weighted by Crippen LogP contribution is 2.23. The highest BCUT2D eigenvalue weighted by atomic mass is 32.1. The number of aromatic nitrogens is 1. The molecule has 3 nitrogen and oxygen atoms in total. The number of carbonyl (C=O) groups is 1. The number of ether oxygens (including phenoxy) is 1. The van der Waals surface area contributed by atoms with Crippen LogP contribution in [0.15, 0.2) is 53.9 Å². The second kappa shape index (κ2) is 6.75. The molecule has 0 N–H and O–H groups in total. The lowest BCUT2D eigenvalue weighted by atomic mass is 10.1. The van der Waals surface area contributed by atoms with Crippen LogP contribution in [0.4, 0.5) is 0 Å². The van der Waals surface area contributed by atoms with E-state index in [1.165, 1.54) is 0 Å². The third-order valence-corrected chi connectivity index (χ3v) is 4.48. The van der Waals surface area contributed by atoms with Crippen LogP contribution in [0.5, 0.6) is 0 Å². The Morgan fingerprint density at radius 2 is 1.91 bits per heavy atom. The molecule has 0 aliphatic carbocycles. The first kappa shape index (κ1) is 15.4. The van der Waals surface area contributed by atoms with Gasteiger partial charge < -0.3 is 4.74 Å². The van der Waals surface area contributed by atoms with Crippen LogP contribution < -0.4 is 0 Å². The Morgan fingerprint density at radius 3 is 2.70 bits per heavy atom. The maximum absolute atomic E-state index is 12.2. The summed E-state index contributed by atoms with van der Waals surface area (Å²) >= 11 is 1.55. The Hall–Kier alpha value is -2.46. The lowest BCUT2D eigenvalue weighted by Crippen LogP contribution is -2.07. The lowest BCUT2D eigenvalue weighted by molar-refractivity contribution is 0.0467. The number of carbonyl (C=O) groups excluding carboxylic acids is 1. The Kier molecular flexibility index (Phi) is 4.53. The monoisotopic (exact) mass is 323 g/mol. The van der Waals surface area contributed by atoms with Gasteiger partial charge in [-0.3, -0.25) is 0 Å². The summed E-state index contributed by atoms with van der Waals surface area (Å²) in [7, 11) is 0. The number of rotatable bonds is 4. The van der Waals surface area contributed by atoms with Gasteiger partial charge in [0.15, 0.2) is 0 Å². The summed E-state index contributed by atoms with van der Waals surface area (Å²) in [4.78, 5) is 16.7. The Bertz CT molecular complexity index is 824. The van der Waals surface area contributed by atoms with Crippen LogP contribution in [-0.4, -0.2) is 11.0 Å². The molecular formula is C19H17NO2S. The molecule has 0 aliphatic rings. The minimum absolute atomic E-state index is 0.190. The second-order valence-electron chi connectivity index (χ2n) is 5.40. The summed E-state index contributed by atoms with van der Waals surface area (Å²) in [6.07, 6.45) is 0. The molecule has 0 unspecified atom stereocenters. The normalized spacial score (nSPS) is 10.5. The lowest BCUT2D eigenvalue weighted by Gasteiger charge is -2.06. The second-order valence-corrected chi connectivity index (χ2v) is 6.26. The predicted molar refractivity (Wildman–Crippen MR) is 92.6 cm³/mol. The van der Waals surface area contributed by atoms with Gasteiger partial charge in [-0.2, -0.15) is 0 Å². The maximum atomic E-state index is 12.2. The van der Waals surface area contributed by atoms with E-state index in [1.54, 1.807) is 11.3 Å². The zero-order valence-corrected chi connectivity index (χ0v) is 13.9. The molecule has 3 aromatic rings. The summed E-state index contributed by atoms with van der Waals surface area (Å²) < 4.78 is 5.40. The first-order chi connectivity index (χ1) is 11.1. The Labute approximate surface area is 139 Å². The van der Waals surface area contributed by atoms with Gasteiger partial charge in [0.05, 0.1) is 11.3 Å². The van der Waals surface area contributed by atoms with Crippen molar-refractivity contribution in [3.8, 4) is 10.6 Å². The van der Waals surface area contributed by atoms with Gasteiger partial charge in [-0.25, -0.2) is 9.78 Å². The predicted octanol–water partition coefficient (Wildman–Crippen LogP) is 4.78. The molecule has 0 bridgehead atoms. The van der Waals surface area contributed by atoms with Crippen molar-refractivity contribution in [3.63, 3.8) is 0 Å². The van der Waals surface area contributed by atoms with Crippen molar-refractivity contribution in [2.45, 2.75) is 20.5 Å². The zero-order valence-electron chi connectivity index (χ0n) is 13.1. The molecule has 0 atom stereocenters. The third-order valence-electron chi connectivity index (χ3n) is 3.54. The maximum Gasteiger partial charge on any atom is 0.338 e. The van der Waals surface area contributed by atoms with E-state index in [0.717, 1.165) is 27.4 Å². The van der Waals surface area contributed by atoms with Crippen molar-refractivity contribution in [2.75, 3.05) is 0 Å². The number of hydrogen-bond donors (Lipinski definition) is 0. The summed E-state index contributed by atoms with van der Waals surface area (Å²) in [6.45, 7) is 4.06. The van der Waals surface area contributed by atoms with Crippen LogP contribution in [-0.2, 0) is 11.3 Å². The minimum atomic E-state index is -0.305. The molecule has 0 amide bonds. The standard InChI is InChI=1S/C19H17NO2S/c1-13-8-9-14(2)17(10-13)19(21)22-11-16-12-23-18(20-16)15-6-4-3-5-7-15/h3-10,12H,11H2,1-2H3. The van der Waals surface area contributed by atoms with Gasteiger partial charge in [0.25, 0.3) is 0 Å². The van der Waals surface area contributed by atoms with Crippen LogP contribution in [0.3, 0.4) is 0 Å². The van der Waals surface area contributed by atoms with Crippen LogP contribution in [0, 0.1) is 13.8 Å². The number of thiazole rings is 1. The molecular weight excluding hydrogens is 306 g/mol. The molecule has 0 radical (unpaired) electrons. The topological polar surface area (TPSA) is 39.2 Å². The van der Waals surface area contributed by atoms with E-state index in [9.17, 15) is 4.79 Å². The summed E-state index contributed by atoms with van der Waals surface area (Å²) in [5.41, 5.74) is 4.42. The van der Waals surface area contributed by atoms with E-state index in [1.807, 2.05) is 67.8 Å². The first-order valence-electron chi connectivity index (χ1n) is 7.37. The van der Waals surface area contributed by atoms with E-state index in [4.69, 9.17) is 4.74 Å². The fourth-order valence-corrected chi connectivity index (χ4v) is 3.07. The van der Waals surface area contributed by atoms with Crippen LogP contribution in [0.2, 0.25) is 0 Å². The van der Waals surface area contributed by atoms with Crippen molar-refractivity contribution in [2.24, 2.45) is 0 Å². The van der Waals surface area contributed by atoms with Gasteiger partial charge in [0.1, 0.15) is 11.6 Å². The molecule has 0 fully saturated rings. The van der Waals surface area contributed by atoms with Gasteiger partial charge in [0.2, 0.25) is 0 Å².